The summed E-state index contributed by atoms with van der Waals surface area (Å²) in [4.78, 5) is 8.36. The van der Waals surface area contributed by atoms with Gasteiger partial charge in [-0.2, -0.15) is 0 Å². The fourth-order valence-corrected chi connectivity index (χ4v) is 2.09. The summed E-state index contributed by atoms with van der Waals surface area (Å²) in [5.41, 5.74) is 0. The minimum atomic E-state index is -0.846. The highest BCUT2D eigenvalue weighted by molar-refractivity contribution is 9.33. The number of hydrogen-bond donors (Lipinski definition) is 4. The van der Waals surface area contributed by atoms with E-state index in [0.717, 1.165) is 0 Å². The summed E-state index contributed by atoms with van der Waals surface area (Å²) in [6, 6.07) is 0. The summed E-state index contributed by atoms with van der Waals surface area (Å²) in [7, 11) is 0.108. The van der Waals surface area contributed by atoms with Crippen molar-refractivity contribution in [1.82, 2.24) is 0 Å². The van der Waals surface area contributed by atoms with Crippen LogP contribution in [0.1, 0.15) is 0 Å². The molecule has 1 unspecified atom stereocenters. The Bertz CT molecular complexity index is 26.7. The van der Waals surface area contributed by atoms with E-state index in [4.69, 9.17) is 4.80 Å². The maximum absolute atomic E-state index is 8.36. The summed E-state index contributed by atoms with van der Waals surface area (Å²) < 4.78 is 0. The molecule has 0 amide bonds. The number of thiol groups is 3. The first kappa shape index (κ1) is 7.58. The molecule has 0 saturated carbocycles. The highest BCUT2D eigenvalue weighted by atomic mass is 33.8. The zero-order valence-corrected chi connectivity index (χ0v) is 7.82. The van der Waals surface area contributed by atoms with Crippen LogP contribution in [-0.4, -0.2) is 13.7 Å². The van der Waals surface area contributed by atoms with Crippen molar-refractivity contribution in [1.29, 1.82) is 0 Å². The predicted octanol–water partition coefficient (Wildman–Crippen LogP) is 0.316. The van der Waals surface area contributed by atoms with E-state index in [2.05, 4.69) is 23.3 Å². The van der Waals surface area contributed by atoms with Crippen molar-refractivity contribution in [3.8, 4) is 0 Å². The van der Waals surface area contributed by atoms with Crippen molar-refractivity contribution >= 4 is 50.5 Å². The van der Waals surface area contributed by atoms with Gasteiger partial charge in [-0.1, -0.05) is 0 Å². The number of hydrogen-bond acceptors (Lipinski definition) is 4. The third-order valence-electron chi connectivity index (χ3n) is 0.215. The summed E-state index contributed by atoms with van der Waals surface area (Å²) in [5.74, 6) is 0. The van der Waals surface area contributed by atoms with E-state index in [1.54, 1.807) is 0 Å². The smallest absolute Gasteiger partial charge is 0.218 e. The molecule has 6 heavy (non-hydrogen) atoms. The highest BCUT2D eigenvalue weighted by Gasteiger charge is 1.88. The molecule has 0 radical (unpaired) electrons. The van der Waals surface area contributed by atoms with Crippen molar-refractivity contribution in [2.24, 2.45) is 0 Å². The van der Waals surface area contributed by atoms with E-state index >= 15 is 0 Å². The molecule has 0 aliphatic carbocycles. The second-order valence-corrected chi connectivity index (χ2v) is 13.0. The van der Waals surface area contributed by atoms with Crippen LogP contribution in [0, 0.1) is 0 Å². The van der Waals surface area contributed by atoms with E-state index in [1.165, 1.54) is 9.83 Å². The largest absolute Gasteiger partial charge is 0.428 e. The maximum Gasteiger partial charge on any atom is 0.218 e. The molecule has 0 spiro atoms. The standard InChI is InChI=1S/H6OS4Si/c1-6-5(3)4-2/h1-3,5H,6H2. The van der Waals surface area contributed by atoms with Gasteiger partial charge in [0.2, 0.25) is 8.91 Å². The number of rotatable bonds is 2. The monoisotopic (exact) mass is 178 g/mol. The molecule has 0 heterocycles. The van der Waals surface area contributed by atoms with Crippen molar-refractivity contribution in [3.63, 3.8) is 0 Å². The van der Waals surface area contributed by atoms with Crippen molar-refractivity contribution in [2.75, 3.05) is 0 Å². The Labute approximate surface area is 55.2 Å². The van der Waals surface area contributed by atoms with Crippen LogP contribution in [-0.2, 0) is 0 Å². The van der Waals surface area contributed by atoms with Gasteiger partial charge < -0.3 is 4.80 Å². The molecule has 1 atom stereocenters. The SMILES string of the molecule is O[SiH2][SH](S)SS. The molecule has 0 aromatic rings. The topological polar surface area (TPSA) is 20.2 Å². The normalized spacial score (nSPS) is 19.5. The van der Waals surface area contributed by atoms with Gasteiger partial charge in [-0.25, -0.2) is 0 Å². The molecule has 0 saturated heterocycles. The Kier molecular flexibility index (Phi) is 5.97. The summed E-state index contributed by atoms with van der Waals surface area (Å²) in [6.45, 7) is 0. The molecule has 1 N–H and O–H groups in total. The maximum atomic E-state index is 8.36. The molecule has 0 fully saturated rings. The fraction of sp³-hybridized carbons (Fsp3) is 0. The Morgan fingerprint density at radius 1 is 1.83 bits per heavy atom. The summed E-state index contributed by atoms with van der Waals surface area (Å²) >= 11 is 7.83. The summed E-state index contributed by atoms with van der Waals surface area (Å²) in [5, 5.41) is 0. The van der Waals surface area contributed by atoms with Crippen molar-refractivity contribution in [2.45, 2.75) is 0 Å². The fourth-order valence-electron chi connectivity index (χ4n) is 0.0258. The van der Waals surface area contributed by atoms with Crippen LogP contribution in [0.2, 0.25) is 0 Å². The van der Waals surface area contributed by atoms with Crippen molar-refractivity contribution < 1.29 is 4.80 Å². The van der Waals surface area contributed by atoms with Gasteiger partial charge in [0.05, 0.1) is 0 Å². The average molecular weight is 178 g/mol. The molecule has 0 aromatic heterocycles. The van der Waals surface area contributed by atoms with Crippen LogP contribution in [0.4, 0.5) is 0 Å². The molecular formula is H6OS4Si. The lowest BCUT2D eigenvalue weighted by Gasteiger charge is -2.00. The lowest BCUT2D eigenvalue weighted by Crippen LogP contribution is -1.75. The van der Waals surface area contributed by atoms with Crippen LogP contribution >= 0.6 is 41.6 Å². The van der Waals surface area contributed by atoms with E-state index in [9.17, 15) is 0 Å². The van der Waals surface area contributed by atoms with Crippen molar-refractivity contribution in [3.05, 3.63) is 0 Å². The second-order valence-electron chi connectivity index (χ2n) is 0.575. The van der Waals surface area contributed by atoms with Crippen LogP contribution in [0.5, 0.6) is 0 Å². The minimum absolute atomic E-state index is 0.406. The van der Waals surface area contributed by atoms with Gasteiger partial charge in [0.15, 0.2) is 0 Å². The van der Waals surface area contributed by atoms with Crippen LogP contribution in [0.25, 0.3) is 0 Å². The van der Waals surface area contributed by atoms with Crippen LogP contribution in [0.3, 0.4) is 0 Å². The van der Waals surface area contributed by atoms with E-state index in [-0.39, 0.29) is 0 Å². The quantitative estimate of drug-likeness (QED) is 0.278. The first-order valence-electron chi connectivity index (χ1n) is 1.20. The van der Waals surface area contributed by atoms with Gasteiger partial charge in [0, 0.05) is 0 Å². The van der Waals surface area contributed by atoms with Crippen LogP contribution in [0.15, 0.2) is 0 Å². The molecule has 1 nitrogen and oxygen atoms in total. The predicted molar refractivity (Wildman–Crippen MR) is 45.3 cm³/mol. The minimum Gasteiger partial charge on any atom is -0.428 e. The molecule has 0 rings (SSSR count). The Hall–Kier alpha value is 1.58. The van der Waals surface area contributed by atoms with E-state index < -0.39 is 17.3 Å². The first-order chi connectivity index (χ1) is 2.81. The van der Waals surface area contributed by atoms with Gasteiger partial charge in [-0.15, -0.1) is 31.7 Å². The molecule has 0 aliphatic heterocycles. The van der Waals surface area contributed by atoms with Crippen LogP contribution < -0.4 is 0 Å². The third-order valence-corrected chi connectivity index (χ3v) is 10.9. The van der Waals surface area contributed by atoms with Gasteiger partial charge in [-0.05, 0) is 9.83 Å². The van der Waals surface area contributed by atoms with Gasteiger partial charge in [0.25, 0.3) is 0 Å². The average Bonchev–Trinajstić information content (AvgIpc) is 1.65. The zero-order chi connectivity index (χ0) is 4.99. The van der Waals surface area contributed by atoms with Gasteiger partial charge >= 0.3 is 0 Å². The zero-order valence-electron chi connectivity index (χ0n) is 2.90. The third kappa shape index (κ3) is 3.76. The van der Waals surface area contributed by atoms with Gasteiger partial charge in [-0.3, -0.25) is 0 Å². The highest BCUT2D eigenvalue weighted by Crippen LogP contribution is 2.44. The van der Waals surface area contributed by atoms with Gasteiger partial charge in [0.1, 0.15) is 0 Å². The lowest BCUT2D eigenvalue weighted by molar-refractivity contribution is 0.623. The van der Waals surface area contributed by atoms with E-state index in [1.807, 2.05) is 0 Å². The Morgan fingerprint density at radius 3 is 2.33 bits per heavy atom. The molecule has 40 valence electrons. The second kappa shape index (κ2) is 4.73. The summed E-state index contributed by atoms with van der Waals surface area (Å²) in [6.07, 6.45) is 0. The molecule has 0 aromatic carbocycles. The Balaban J connectivity index is 2.75. The molecule has 0 bridgehead atoms. The molecular weight excluding hydrogens is 172 g/mol. The van der Waals surface area contributed by atoms with E-state index in [0.29, 0.717) is 0 Å². The molecule has 0 aliphatic rings. The Morgan fingerprint density at radius 2 is 2.33 bits per heavy atom. The molecule has 6 heteroatoms. The first-order valence-corrected chi connectivity index (χ1v) is 8.88. The lowest BCUT2D eigenvalue weighted by atomic mass is 15.9.